The second-order valence-electron chi connectivity index (χ2n) is 5.26. The summed E-state index contributed by atoms with van der Waals surface area (Å²) < 4.78 is 0. The molecule has 1 aliphatic carbocycles. The fourth-order valence-electron chi connectivity index (χ4n) is 2.75. The molecule has 20 heavy (non-hydrogen) atoms. The lowest BCUT2D eigenvalue weighted by Crippen LogP contribution is -2.28. The monoisotopic (exact) mass is 274 g/mol. The van der Waals surface area contributed by atoms with Gasteiger partial charge in [0.05, 0.1) is 4.92 Å². The van der Waals surface area contributed by atoms with Crippen molar-refractivity contribution in [3.05, 3.63) is 27.9 Å². The fourth-order valence-corrected chi connectivity index (χ4v) is 2.75. The number of nitriles is 1. The summed E-state index contributed by atoms with van der Waals surface area (Å²) in [6.07, 6.45) is 6.22. The van der Waals surface area contributed by atoms with Gasteiger partial charge in [0.1, 0.15) is 11.9 Å². The van der Waals surface area contributed by atoms with Crippen LogP contribution in [-0.4, -0.2) is 15.9 Å². The van der Waals surface area contributed by atoms with Crippen molar-refractivity contribution in [2.75, 3.05) is 5.32 Å². The third-order valence-electron chi connectivity index (χ3n) is 3.91. The Morgan fingerprint density at radius 3 is 2.75 bits per heavy atom. The minimum absolute atomic E-state index is 0.143. The second-order valence-corrected chi connectivity index (χ2v) is 5.26. The van der Waals surface area contributed by atoms with Crippen molar-refractivity contribution in [2.24, 2.45) is 5.92 Å². The maximum Gasteiger partial charge on any atom is 0.305 e. The summed E-state index contributed by atoms with van der Waals surface area (Å²) in [5, 5.41) is 23.0. The molecule has 0 bridgehead atoms. The zero-order valence-electron chi connectivity index (χ0n) is 11.5. The van der Waals surface area contributed by atoms with Crippen LogP contribution in [0.3, 0.4) is 0 Å². The minimum atomic E-state index is -0.583. The lowest BCUT2D eigenvalue weighted by molar-refractivity contribution is -0.385. The van der Waals surface area contributed by atoms with Gasteiger partial charge < -0.3 is 5.32 Å². The van der Waals surface area contributed by atoms with Gasteiger partial charge in [-0.25, -0.2) is 4.98 Å². The molecule has 1 aliphatic rings. The summed E-state index contributed by atoms with van der Waals surface area (Å²) in [5.74, 6) is 1.14. The van der Waals surface area contributed by atoms with Crippen molar-refractivity contribution in [2.45, 2.75) is 45.1 Å². The molecule has 1 atom stereocenters. The number of anilines is 1. The van der Waals surface area contributed by atoms with Crippen LogP contribution in [0.15, 0.2) is 12.1 Å². The minimum Gasteiger partial charge on any atom is -0.367 e. The first-order valence-corrected chi connectivity index (χ1v) is 6.94. The molecule has 0 aliphatic heterocycles. The van der Waals surface area contributed by atoms with E-state index < -0.39 is 4.92 Å². The van der Waals surface area contributed by atoms with Gasteiger partial charge >= 0.3 is 5.69 Å². The van der Waals surface area contributed by atoms with Gasteiger partial charge in [0.15, 0.2) is 0 Å². The van der Waals surface area contributed by atoms with Crippen LogP contribution in [-0.2, 0) is 0 Å². The summed E-state index contributed by atoms with van der Waals surface area (Å²) in [6, 6.07) is 4.94. The van der Waals surface area contributed by atoms with E-state index in [1.165, 1.54) is 38.2 Å². The third-order valence-corrected chi connectivity index (χ3v) is 3.91. The van der Waals surface area contributed by atoms with E-state index in [0.29, 0.717) is 11.7 Å². The lowest BCUT2D eigenvalue weighted by atomic mass is 9.84. The molecule has 6 nitrogen and oxygen atoms in total. The predicted octanol–water partition coefficient (Wildman–Crippen LogP) is 3.24. The fraction of sp³-hybridized carbons (Fsp3) is 0.571. The van der Waals surface area contributed by atoms with Crippen molar-refractivity contribution < 1.29 is 4.92 Å². The molecular weight excluding hydrogens is 256 g/mol. The number of aromatic nitrogens is 1. The average molecular weight is 274 g/mol. The van der Waals surface area contributed by atoms with E-state index >= 15 is 0 Å². The molecule has 1 heterocycles. The molecule has 1 N–H and O–H groups in total. The molecule has 0 spiro atoms. The molecule has 1 fully saturated rings. The van der Waals surface area contributed by atoms with Crippen LogP contribution in [0.4, 0.5) is 11.5 Å². The maximum atomic E-state index is 10.8. The van der Waals surface area contributed by atoms with Gasteiger partial charge in [-0.3, -0.25) is 10.1 Å². The first kappa shape index (κ1) is 14.3. The molecule has 0 saturated heterocycles. The molecule has 1 aromatic rings. The van der Waals surface area contributed by atoms with Crippen LogP contribution in [0.5, 0.6) is 0 Å². The van der Waals surface area contributed by atoms with E-state index in [2.05, 4.69) is 17.2 Å². The molecule has 1 aromatic heterocycles. The topological polar surface area (TPSA) is 91.9 Å². The van der Waals surface area contributed by atoms with Gasteiger partial charge in [-0.15, -0.1) is 0 Å². The zero-order valence-corrected chi connectivity index (χ0v) is 11.5. The molecular formula is C14H18N4O2. The molecule has 106 valence electrons. The first-order chi connectivity index (χ1) is 9.61. The smallest absolute Gasteiger partial charge is 0.305 e. The largest absolute Gasteiger partial charge is 0.367 e. The molecule has 2 rings (SSSR count). The number of hydrogen-bond acceptors (Lipinski definition) is 5. The number of pyridine rings is 1. The molecule has 1 unspecified atom stereocenters. The Kier molecular flexibility index (Phi) is 4.51. The maximum absolute atomic E-state index is 10.8. The molecule has 6 heteroatoms. The van der Waals surface area contributed by atoms with Crippen LogP contribution in [0.1, 0.15) is 44.7 Å². The number of nitrogens with one attached hydrogen (secondary N) is 1. The molecule has 1 saturated carbocycles. The second kappa shape index (κ2) is 6.33. The van der Waals surface area contributed by atoms with Gasteiger partial charge in [-0.05, 0) is 31.7 Å². The normalized spacial score (nSPS) is 17.2. The SMILES string of the molecule is CC(Nc1ccc([N+](=O)[O-])c(C#N)n1)C1CCCCC1. The Labute approximate surface area is 118 Å². The van der Waals surface area contributed by atoms with Crippen molar-refractivity contribution >= 4 is 11.5 Å². The highest BCUT2D eigenvalue weighted by atomic mass is 16.6. The van der Waals surface area contributed by atoms with E-state index in [4.69, 9.17) is 5.26 Å². The third kappa shape index (κ3) is 3.23. The molecule has 0 amide bonds. The van der Waals surface area contributed by atoms with Crippen LogP contribution in [0, 0.1) is 27.4 Å². The van der Waals surface area contributed by atoms with E-state index in [1.807, 2.05) is 0 Å². The summed E-state index contributed by atoms with van der Waals surface area (Å²) in [6.45, 7) is 2.10. The van der Waals surface area contributed by atoms with E-state index in [0.717, 1.165) is 0 Å². The van der Waals surface area contributed by atoms with E-state index in [9.17, 15) is 10.1 Å². The summed E-state index contributed by atoms with van der Waals surface area (Å²) in [4.78, 5) is 14.2. The highest BCUT2D eigenvalue weighted by Gasteiger charge is 2.21. The van der Waals surface area contributed by atoms with Crippen LogP contribution < -0.4 is 5.32 Å². The van der Waals surface area contributed by atoms with Gasteiger partial charge in [0.25, 0.3) is 0 Å². The number of nitro groups is 1. The van der Waals surface area contributed by atoms with Crippen molar-refractivity contribution in [3.8, 4) is 6.07 Å². The first-order valence-electron chi connectivity index (χ1n) is 6.94. The highest BCUT2D eigenvalue weighted by Crippen LogP contribution is 2.28. The van der Waals surface area contributed by atoms with Gasteiger partial charge in [-0.2, -0.15) is 5.26 Å². The van der Waals surface area contributed by atoms with E-state index in [1.54, 1.807) is 12.1 Å². The number of hydrogen-bond donors (Lipinski definition) is 1. The summed E-state index contributed by atoms with van der Waals surface area (Å²) in [5.41, 5.74) is -0.390. The average Bonchev–Trinajstić information content (AvgIpc) is 2.47. The predicted molar refractivity (Wildman–Crippen MR) is 75.3 cm³/mol. The van der Waals surface area contributed by atoms with Crippen molar-refractivity contribution in [1.82, 2.24) is 4.98 Å². The summed E-state index contributed by atoms with van der Waals surface area (Å²) >= 11 is 0. The van der Waals surface area contributed by atoms with Crippen molar-refractivity contribution in [3.63, 3.8) is 0 Å². The summed E-state index contributed by atoms with van der Waals surface area (Å²) in [7, 11) is 0. The lowest BCUT2D eigenvalue weighted by Gasteiger charge is -2.28. The Morgan fingerprint density at radius 1 is 1.45 bits per heavy atom. The molecule has 0 radical (unpaired) electrons. The Bertz CT molecular complexity index is 532. The van der Waals surface area contributed by atoms with E-state index in [-0.39, 0.29) is 17.4 Å². The quantitative estimate of drug-likeness (QED) is 0.672. The molecule has 0 aromatic carbocycles. The van der Waals surface area contributed by atoms with Crippen LogP contribution in [0.2, 0.25) is 0 Å². The zero-order chi connectivity index (χ0) is 14.5. The van der Waals surface area contributed by atoms with Crippen LogP contribution in [0.25, 0.3) is 0 Å². The number of rotatable bonds is 4. The Hall–Kier alpha value is -2.16. The highest BCUT2D eigenvalue weighted by molar-refractivity contribution is 5.50. The van der Waals surface area contributed by atoms with Gasteiger partial charge in [-0.1, -0.05) is 19.3 Å². The Balaban J connectivity index is 2.09. The van der Waals surface area contributed by atoms with Crippen molar-refractivity contribution in [1.29, 1.82) is 5.26 Å². The van der Waals surface area contributed by atoms with Crippen LogP contribution >= 0.6 is 0 Å². The van der Waals surface area contributed by atoms with Gasteiger partial charge in [0.2, 0.25) is 5.69 Å². The standard InChI is InChI=1S/C14H18N4O2/c1-10(11-5-3-2-4-6-11)16-14-8-7-13(18(19)20)12(9-15)17-14/h7-8,10-11H,2-6H2,1H3,(H,16,17). The van der Waals surface area contributed by atoms with Gasteiger partial charge in [0, 0.05) is 12.1 Å². The Morgan fingerprint density at radius 2 is 2.15 bits per heavy atom. The number of nitrogens with zero attached hydrogens (tertiary/aromatic N) is 3.